The topological polar surface area (TPSA) is 78.9 Å². The molecular weight excluding hydrogens is 312 g/mol. The van der Waals surface area contributed by atoms with Crippen LogP contribution in [0.15, 0.2) is 0 Å². The zero-order chi connectivity index (χ0) is 17.8. The van der Waals surface area contributed by atoms with Crippen LogP contribution in [0.25, 0.3) is 0 Å². The first-order valence-electron chi connectivity index (χ1n) is 9.09. The molecular formula is C18H30O6. The van der Waals surface area contributed by atoms with Gasteiger partial charge in [-0.2, -0.15) is 0 Å². The first-order valence-corrected chi connectivity index (χ1v) is 9.09. The highest BCUT2D eigenvalue weighted by molar-refractivity contribution is 5.73. The second-order valence-electron chi connectivity index (χ2n) is 6.25. The van der Waals surface area contributed by atoms with Crippen LogP contribution in [0.5, 0.6) is 0 Å². The largest absolute Gasteiger partial charge is 0.462 e. The van der Waals surface area contributed by atoms with E-state index in [1.165, 1.54) is 6.42 Å². The molecule has 1 fully saturated rings. The smallest absolute Gasteiger partial charge is 0.309 e. The lowest BCUT2D eigenvalue weighted by Crippen LogP contribution is -2.30. The molecule has 6 heteroatoms. The molecule has 0 aromatic carbocycles. The van der Waals surface area contributed by atoms with Crippen LogP contribution < -0.4 is 0 Å². The predicted molar refractivity (Wildman–Crippen MR) is 88.2 cm³/mol. The van der Waals surface area contributed by atoms with Gasteiger partial charge in [-0.3, -0.25) is 14.4 Å². The minimum atomic E-state index is -0.777. The van der Waals surface area contributed by atoms with Crippen molar-refractivity contribution in [3.63, 3.8) is 0 Å². The second-order valence-corrected chi connectivity index (χ2v) is 6.25. The van der Waals surface area contributed by atoms with Crippen molar-refractivity contribution in [2.24, 2.45) is 0 Å². The van der Waals surface area contributed by atoms with Crippen molar-refractivity contribution < 1.29 is 28.6 Å². The van der Waals surface area contributed by atoms with Crippen LogP contribution in [-0.2, 0) is 28.6 Å². The van der Waals surface area contributed by atoms with Crippen molar-refractivity contribution in [3.05, 3.63) is 0 Å². The van der Waals surface area contributed by atoms with Gasteiger partial charge < -0.3 is 14.2 Å². The summed E-state index contributed by atoms with van der Waals surface area (Å²) < 4.78 is 15.8. The summed E-state index contributed by atoms with van der Waals surface area (Å²) in [5.74, 6) is -1.14. The van der Waals surface area contributed by atoms with E-state index in [2.05, 4.69) is 0 Å². The molecule has 1 atom stereocenters. The van der Waals surface area contributed by atoms with E-state index in [1.54, 1.807) is 0 Å². The number of hydrogen-bond donors (Lipinski definition) is 0. The Morgan fingerprint density at radius 2 is 1.54 bits per heavy atom. The minimum Gasteiger partial charge on any atom is -0.462 e. The molecule has 1 aliphatic rings. The van der Waals surface area contributed by atoms with Gasteiger partial charge in [0.15, 0.2) is 0 Å². The fourth-order valence-electron chi connectivity index (χ4n) is 2.65. The van der Waals surface area contributed by atoms with Crippen LogP contribution in [0.4, 0.5) is 0 Å². The first kappa shape index (κ1) is 20.5. The summed E-state index contributed by atoms with van der Waals surface area (Å²) in [4.78, 5) is 35.2. The van der Waals surface area contributed by atoms with E-state index in [0.29, 0.717) is 19.3 Å². The summed E-state index contributed by atoms with van der Waals surface area (Å²) in [5.41, 5.74) is 0. The molecule has 0 heterocycles. The molecule has 0 aromatic rings. The second kappa shape index (κ2) is 11.9. The highest BCUT2D eigenvalue weighted by atomic mass is 16.6. The molecule has 0 bridgehead atoms. The highest BCUT2D eigenvalue weighted by Gasteiger charge is 2.24. The van der Waals surface area contributed by atoms with Crippen LogP contribution in [0.3, 0.4) is 0 Å². The van der Waals surface area contributed by atoms with Gasteiger partial charge in [0, 0.05) is 12.8 Å². The Kier molecular flexibility index (Phi) is 10.1. The monoisotopic (exact) mass is 342 g/mol. The van der Waals surface area contributed by atoms with Gasteiger partial charge in [-0.05, 0) is 38.5 Å². The number of rotatable bonds is 10. The number of carbonyl (C=O) groups excluding carboxylic acids is 3. The maximum Gasteiger partial charge on any atom is 0.309 e. The maximum absolute atomic E-state index is 12.1. The van der Waals surface area contributed by atoms with Gasteiger partial charge in [-0.15, -0.1) is 0 Å². The Labute approximate surface area is 144 Å². The van der Waals surface area contributed by atoms with Gasteiger partial charge in [0.2, 0.25) is 0 Å². The fourth-order valence-corrected chi connectivity index (χ4v) is 2.65. The van der Waals surface area contributed by atoms with Crippen molar-refractivity contribution in [1.29, 1.82) is 0 Å². The predicted octanol–water partition coefficient (Wildman–Crippen LogP) is 3.31. The van der Waals surface area contributed by atoms with Crippen molar-refractivity contribution in [2.75, 3.05) is 6.61 Å². The molecule has 0 aliphatic heterocycles. The number of carbonyl (C=O) groups is 3. The summed E-state index contributed by atoms with van der Waals surface area (Å²) in [6.07, 6.45) is 6.12. The zero-order valence-electron chi connectivity index (χ0n) is 14.9. The third kappa shape index (κ3) is 8.89. The molecule has 0 spiro atoms. The van der Waals surface area contributed by atoms with E-state index in [1.807, 2.05) is 13.8 Å². The Morgan fingerprint density at radius 1 is 0.917 bits per heavy atom. The quantitative estimate of drug-likeness (QED) is 0.448. The Morgan fingerprint density at radius 3 is 2.17 bits per heavy atom. The normalized spacial score (nSPS) is 16.2. The molecule has 1 unspecified atom stereocenters. The number of hydrogen-bond acceptors (Lipinski definition) is 6. The zero-order valence-corrected chi connectivity index (χ0v) is 14.9. The van der Waals surface area contributed by atoms with E-state index < -0.39 is 12.1 Å². The van der Waals surface area contributed by atoms with E-state index >= 15 is 0 Å². The van der Waals surface area contributed by atoms with Crippen LogP contribution in [0, 0.1) is 0 Å². The van der Waals surface area contributed by atoms with Gasteiger partial charge in [0.05, 0.1) is 6.42 Å². The van der Waals surface area contributed by atoms with E-state index in [-0.39, 0.29) is 37.5 Å². The first-order chi connectivity index (χ1) is 11.5. The molecule has 6 nitrogen and oxygen atoms in total. The van der Waals surface area contributed by atoms with Gasteiger partial charge >= 0.3 is 17.9 Å². The standard InChI is InChI=1S/C18H30O6/c1-3-8-16(19)22-13-15(24-17(20)9-4-2)12-18(21)23-14-10-6-5-7-11-14/h14-15H,3-13H2,1-2H3. The van der Waals surface area contributed by atoms with E-state index in [0.717, 1.165) is 25.7 Å². The molecule has 0 saturated heterocycles. The molecule has 24 heavy (non-hydrogen) atoms. The lowest BCUT2D eigenvalue weighted by Gasteiger charge is -2.23. The van der Waals surface area contributed by atoms with Crippen molar-refractivity contribution in [1.82, 2.24) is 0 Å². The van der Waals surface area contributed by atoms with Gasteiger partial charge in [-0.25, -0.2) is 0 Å². The lowest BCUT2D eigenvalue weighted by atomic mass is 9.98. The van der Waals surface area contributed by atoms with Gasteiger partial charge in [0.1, 0.15) is 18.8 Å². The molecule has 0 aromatic heterocycles. The van der Waals surface area contributed by atoms with Crippen LogP contribution in [-0.4, -0.2) is 36.7 Å². The molecule has 1 saturated carbocycles. The van der Waals surface area contributed by atoms with Crippen molar-refractivity contribution in [3.8, 4) is 0 Å². The summed E-state index contributed by atoms with van der Waals surface area (Å²) in [6.45, 7) is 3.64. The van der Waals surface area contributed by atoms with Crippen LogP contribution >= 0.6 is 0 Å². The average Bonchev–Trinajstić information content (AvgIpc) is 2.54. The summed E-state index contributed by atoms with van der Waals surface area (Å²) in [5, 5.41) is 0. The third-order valence-corrected chi connectivity index (χ3v) is 3.88. The maximum atomic E-state index is 12.1. The Bertz CT molecular complexity index is 400. The lowest BCUT2D eigenvalue weighted by molar-refractivity contribution is -0.166. The molecule has 138 valence electrons. The van der Waals surface area contributed by atoms with Crippen LogP contribution in [0.2, 0.25) is 0 Å². The van der Waals surface area contributed by atoms with Crippen molar-refractivity contribution in [2.45, 2.75) is 90.3 Å². The summed E-state index contributed by atoms with van der Waals surface area (Å²) >= 11 is 0. The van der Waals surface area contributed by atoms with Gasteiger partial charge in [0.25, 0.3) is 0 Å². The molecule has 1 aliphatic carbocycles. The van der Waals surface area contributed by atoms with E-state index in [4.69, 9.17) is 14.2 Å². The molecule has 0 radical (unpaired) electrons. The summed E-state index contributed by atoms with van der Waals surface area (Å²) in [6, 6.07) is 0. The average molecular weight is 342 g/mol. The fraction of sp³-hybridized carbons (Fsp3) is 0.833. The van der Waals surface area contributed by atoms with Crippen LogP contribution in [0.1, 0.15) is 78.1 Å². The van der Waals surface area contributed by atoms with Gasteiger partial charge in [-0.1, -0.05) is 20.3 Å². The molecule has 1 rings (SSSR count). The highest BCUT2D eigenvalue weighted by Crippen LogP contribution is 2.21. The number of esters is 3. The third-order valence-electron chi connectivity index (χ3n) is 3.88. The van der Waals surface area contributed by atoms with Crippen molar-refractivity contribution >= 4 is 17.9 Å². The molecule has 0 N–H and O–H groups in total. The SMILES string of the molecule is CCCC(=O)OCC(CC(=O)OC1CCCCC1)OC(=O)CCC. The number of ether oxygens (including phenoxy) is 3. The Hall–Kier alpha value is -1.59. The summed E-state index contributed by atoms with van der Waals surface area (Å²) in [7, 11) is 0. The Balaban J connectivity index is 2.47. The minimum absolute atomic E-state index is 0.0408. The molecule has 0 amide bonds. The van der Waals surface area contributed by atoms with E-state index in [9.17, 15) is 14.4 Å².